The first kappa shape index (κ1) is 26.2. The number of halogens is 2. The fourth-order valence-corrected chi connectivity index (χ4v) is 5.11. The summed E-state index contributed by atoms with van der Waals surface area (Å²) in [6.45, 7) is 1.64. The Kier molecular flexibility index (Phi) is 7.50. The van der Waals surface area contributed by atoms with E-state index in [1.807, 2.05) is 0 Å². The van der Waals surface area contributed by atoms with Gasteiger partial charge in [-0.2, -0.15) is 0 Å². The molecule has 2 heterocycles. The highest BCUT2D eigenvalue weighted by Gasteiger charge is 2.27. The number of carbonyl (C=O) groups is 1. The standard InChI is InChI=1S/C23H21F2N7O3S2/c1-3-8-37(34,35)32-16-7-5-14(24)19(20(16)25)21(33)13-10-27-22-18(13)23(29-11-28-22)30-12-4-6-15(26)17(9-12)31-36-2/h4-7,9-11,26,31-32H,3,8H2,1-2H3,(H,27,28,29). The summed E-state index contributed by atoms with van der Waals surface area (Å²) in [5, 5.41) is 8.09. The van der Waals surface area contributed by atoms with Crippen LogP contribution in [0, 0.1) is 17.0 Å². The van der Waals surface area contributed by atoms with E-state index < -0.39 is 38.7 Å². The van der Waals surface area contributed by atoms with E-state index in [0.717, 1.165) is 12.1 Å². The quantitative estimate of drug-likeness (QED) is 0.180. The van der Waals surface area contributed by atoms with Gasteiger partial charge >= 0.3 is 0 Å². The second-order valence-corrected chi connectivity index (χ2v) is 10.3. The lowest BCUT2D eigenvalue weighted by atomic mass is 10.0. The van der Waals surface area contributed by atoms with Crippen molar-refractivity contribution in [2.75, 3.05) is 16.7 Å². The first-order chi connectivity index (χ1) is 17.6. The number of ketones is 1. The first-order valence-electron chi connectivity index (χ1n) is 10.9. The first-order valence-corrected chi connectivity index (χ1v) is 13.7. The molecule has 0 fully saturated rings. The molecule has 0 radical (unpaired) electrons. The van der Waals surface area contributed by atoms with E-state index in [-0.39, 0.29) is 40.3 Å². The molecule has 14 heteroatoms. The van der Waals surface area contributed by atoms with Crippen LogP contribution >= 0.6 is 11.9 Å². The van der Waals surface area contributed by atoms with Crippen LogP contribution in [0.1, 0.15) is 29.3 Å². The van der Waals surface area contributed by atoms with E-state index in [4.69, 9.17) is 5.41 Å². The third-order valence-corrected chi connectivity index (χ3v) is 7.10. The van der Waals surface area contributed by atoms with E-state index in [9.17, 15) is 17.6 Å². The second kappa shape index (κ2) is 10.6. The zero-order chi connectivity index (χ0) is 26.7. The molecule has 0 spiro atoms. The fraction of sp³-hybridized carbons (Fsp3) is 0.174. The highest BCUT2D eigenvalue weighted by molar-refractivity contribution is 7.96. The third-order valence-electron chi connectivity index (χ3n) is 5.20. The Morgan fingerprint density at radius 2 is 2.03 bits per heavy atom. The fourth-order valence-electron chi connectivity index (χ4n) is 3.59. The molecule has 0 aliphatic heterocycles. The van der Waals surface area contributed by atoms with Crippen molar-refractivity contribution in [1.82, 2.24) is 19.7 Å². The van der Waals surface area contributed by atoms with Gasteiger partial charge in [0.2, 0.25) is 15.8 Å². The Morgan fingerprint density at radius 3 is 2.76 bits per heavy atom. The molecule has 0 saturated carbocycles. The van der Waals surface area contributed by atoms with Gasteiger partial charge in [-0.05, 0) is 36.8 Å². The van der Waals surface area contributed by atoms with Crippen molar-refractivity contribution in [3.05, 3.63) is 71.3 Å². The molecule has 4 N–H and O–H groups in total. The molecule has 0 unspecified atom stereocenters. The highest BCUT2D eigenvalue weighted by Crippen LogP contribution is 2.31. The Balaban J connectivity index is 1.80. The monoisotopic (exact) mass is 545 g/mol. The van der Waals surface area contributed by atoms with E-state index >= 15 is 4.39 Å². The molecule has 1 aliphatic rings. The molecule has 10 nitrogen and oxygen atoms in total. The third kappa shape index (κ3) is 5.44. The number of anilines is 1. The van der Waals surface area contributed by atoms with Gasteiger partial charge in [0, 0.05) is 12.5 Å². The predicted octanol–water partition coefficient (Wildman–Crippen LogP) is 4.03. The van der Waals surface area contributed by atoms with E-state index in [1.165, 1.54) is 30.5 Å². The van der Waals surface area contributed by atoms with Crippen LogP contribution in [0.4, 0.5) is 20.3 Å². The molecule has 3 aromatic rings. The molecule has 0 amide bonds. The summed E-state index contributed by atoms with van der Waals surface area (Å²) < 4.78 is 59.3. The van der Waals surface area contributed by atoms with Crippen molar-refractivity contribution in [3.63, 3.8) is 0 Å². The summed E-state index contributed by atoms with van der Waals surface area (Å²) in [6.07, 6.45) is 9.28. The maximum atomic E-state index is 15.3. The molecule has 0 saturated heterocycles. The van der Waals surface area contributed by atoms with Crippen LogP contribution < -0.4 is 9.44 Å². The topological polar surface area (TPSA) is 153 Å². The lowest BCUT2D eigenvalue weighted by Crippen LogP contribution is -2.18. The van der Waals surface area contributed by atoms with Gasteiger partial charge in [0.05, 0.1) is 45.1 Å². The van der Waals surface area contributed by atoms with Crippen LogP contribution in [0.15, 0.2) is 53.6 Å². The maximum Gasteiger partial charge on any atom is 0.232 e. The summed E-state index contributed by atoms with van der Waals surface area (Å²) >= 11 is 1.30. The Hall–Kier alpha value is -3.91. The van der Waals surface area contributed by atoms with Gasteiger partial charge < -0.3 is 9.71 Å². The number of benzene rings is 1. The van der Waals surface area contributed by atoms with Crippen molar-refractivity contribution in [1.29, 1.82) is 5.41 Å². The number of sulfonamides is 1. The summed E-state index contributed by atoms with van der Waals surface area (Å²) in [5.41, 5.74) is -0.245. The van der Waals surface area contributed by atoms with Crippen molar-refractivity contribution in [3.8, 4) is 0 Å². The molecule has 0 atom stereocenters. The molecular formula is C23H21F2N7O3S2. The minimum absolute atomic E-state index is 0.0584. The lowest BCUT2D eigenvalue weighted by Gasteiger charge is -2.12. The molecule has 1 aliphatic carbocycles. The number of nitrogens with zero attached hydrogens (tertiary/aromatic N) is 3. The normalized spacial score (nSPS) is 14.8. The van der Waals surface area contributed by atoms with Gasteiger partial charge in [0.1, 0.15) is 17.8 Å². The summed E-state index contributed by atoms with van der Waals surface area (Å²) in [7, 11) is -3.89. The zero-order valence-corrected chi connectivity index (χ0v) is 21.2. The number of fused-ring (bicyclic) bond motifs is 1. The smallest absolute Gasteiger partial charge is 0.232 e. The van der Waals surface area contributed by atoms with Crippen molar-refractivity contribution in [2.45, 2.75) is 13.3 Å². The van der Waals surface area contributed by atoms with Crippen LogP contribution in [-0.4, -0.2) is 52.6 Å². The average Bonchev–Trinajstić information content (AvgIpc) is 3.28. The van der Waals surface area contributed by atoms with Crippen LogP contribution in [-0.2, 0) is 10.0 Å². The minimum atomic E-state index is -3.89. The Bertz CT molecular complexity index is 1610. The highest BCUT2D eigenvalue weighted by atomic mass is 32.2. The Morgan fingerprint density at radius 1 is 1.24 bits per heavy atom. The number of hydrogen-bond donors (Lipinski definition) is 4. The van der Waals surface area contributed by atoms with Gasteiger partial charge in [0.15, 0.2) is 11.6 Å². The molecular weight excluding hydrogens is 524 g/mol. The number of aromatic amines is 1. The van der Waals surface area contributed by atoms with Crippen molar-refractivity contribution >= 4 is 61.7 Å². The summed E-state index contributed by atoms with van der Waals surface area (Å²) in [6, 6.07) is 1.74. The van der Waals surface area contributed by atoms with Gasteiger partial charge in [-0.3, -0.25) is 14.9 Å². The van der Waals surface area contributed by atoms with E-state index in [0.29, 0.717) is 11.4 Å². The average molecular weight is 546 g/mol. The number of hydrogen-bond acceptors (Lipinski definition) is 9. The molecule has 37 heavy (non-hydrogen) atoms. The van der Waals surface area contributed by atoms with Crippen molar-refractivity contribution < 1.29 is 22.0 Å². The molecule has 192 valence electrons. The number of aromatic nitrogens is 3. The van der Waals surface area contributed by atoms with Gasteiger partial charge in [-0.25, -0.2) is 32.2 Å². The molecule has 2 aromatic heterocycles. The lowest BCUT2D eigenvalue weighted by molar-refractivity contribution is 0.103. The summed E-state index contributed by atoms with van der Waals surface area (Å²) in [4.78, 5) is 28.8. The number of aliphatic imine (C=N–C) groups is 1. The van der Waals surface area contributed by atoms with Crippen molar-refractivity contribution in [2.24, 2.45) is 4.99 Å². The van der Waals surface area contributed by atoms with E-state index in [2.05, 4.69) is 29.4 Å². The second-order valence-electron chi connectivity index (χ2n) is 7.81. The number of carbonyl (C=O) groups excluding carboxylic acids is 1. The SMILES string of the molecule is CCCS(=O)(=O)Nc1ccc(F)c(C(=O)c2c[nH]c3ncnc(N=C4C=CC(=N)C(NSC)=C4)c23)c1F. The van der Waals surface area contributed by atoms with Crippen LogP contribution in [0.3, 0.4) is 0 Å². The molecule has 0 bridgehead atoms. The molecule has 1 aromatic carbocycles. The number of nitrogens with one attached hydrogen (secondary N) is 4. The number of H-pyrrole nitrogens is 1. The predicted molar refractivity (Wildman–Crippen MR) is 140 cm³/mol. The Labute approximate surface area is 215 Å². The van der Waals surface area contributed by atoms with Gasteiger partial charge in [-0.15, -0.1) is 0 Å². The van der Waals surface area contributed by atoms with Gasteiger partial charge in [0.25, 0.3) is 0 Å². The van der Waals surface area contributed by atoms with Crippen LogP contribution in [0.25, 0.3) is 11.0 Å². The van der Waals surface area contributed by atoms with Gasteiger partial charge in [-0.1, -0.05) is 18.9 Å². The molecule has 4 rings (SSSR count). The van der Waals surface area contributed by atoms with E-state index in [1.54, 1.807) is 25.3 Å². The summed E-state index contributed by atoms with van der Waals surface area (Å²) in [5.74, 6) is -3.76. The largest absolute Gasteiger partial charge is 0.345 e. The van der Waals surface area contributed by atoms with Crippen LogP contribution in [0.5, 0.6) is 0 Å². The number of rotatable bonds is 9. The zero-order valence-electron chi connectivity index (χ0n) is 19.6. The number of allylic oxidation sites excluding steroid dienone is 3. The van der Waals surface area contributed by atoms with Crippen LogP contribution in [0.2, 0.25) is 0 Å². The minimum Gasteiger partial charge on any atom is -0.345 e. The maximum absolute atomic E-state index is 15.3.